The van der Waals surface area contributed by atoms with Gasteiger partial charge >= 0.3 is 0 Å². The van der Waals surface area contributed by atoms with Crippen LogP contribution in [0, 0.1) is 0 Å². The smallest absolute Gasteiger partial charge is 0.186 e. The summed E-state index contributed by atoms with van der Waals surface area (Å²) in [6.07, 6.45) is -2.24. The Labute approximate surface area is 113 Å². The molecule has 0 bridgehead atoms. The fraction of sp³-hybridized carbons (Fsp3) is 0.846. The minimum Gasteiger partial charge on any atom is -0.376 e. The van der Waals surface area contributed by atoms with Crippen molar-refractivity contribution in [1.29, 1.82) is 0 Å². The van der Waals surface area contributed by atoms with Gasteiger partial charge in [-0.3, -0.25) is 0 Å². The number of ether oxygens (including phenoxy) is 6. The lowest BCUT2D eigenvalue weighted by Gasteiger charge is -2.41. The topological polar surface area (TPSA) is 55.4 Å². The van der Waals surface area contributed by atoms with E-state index in [4.69, 9.17) is 28.4 Å². The highest BCUT2D eigenvalue weighted by molar-refractivity contribution is 5.18. The molecule has 2 heterocycles. The number of hydrogen-bond donors (Lipinski definition) is 0. The molecule has 2 saturated heterocycles. The lowest BCUT2D eigenvalue weighted by molar-refractivity contribution is -0.291. The lowest BCUT2D eigenvalue weighted by Crippen LogP contribution is -2.58. The van der Waals surface area contributed by atoms with E-state index in [9.17, 15) is 0 Å². The molecule has 6 heteroatoms. The van der Waals surface area contributed by atoms with Gasteiger partial charge in [0, 0.05) is 33.5 Å². The van der Waals surface area contributed by atoms with Crippen LogP contribution in [0.4, 0.5) is 0 Å². The van der Waals surface area contributed by atoms with Crippen LogP contribution in [0.25, 0.3) is 0 Å². The first-order valence-corrected chi connectivity index (χ1v) is 6.37. The molecule has 0 amide bonds. The van der Waals surface area contributed by atoms with Gasteiger partial charge in [-0.15, -0.1) is 0 Å². The number of rotatable bonds is 5. The van der Waals surface area contributed by atoms with Crippen LogP contribution in [-0.2, 0) is 28.4 Å². The van der Waals surface area contributed by atoms with Crippen LogP contribution in [-0.4, -0.2) is 64.9 Å². The van der Waals surface area contributed by atoms with E-state index in [1.807, 2.05) is 6.92 Å². The summed E-state index contributed by atoms with van der Waals surface area (Å²) in [7, 11) is 4.78. The van der Waals surface area contributed by atoms with Gasteiger partial charge in [-0.2, -0.15) is 0 Å². The predicted molar refractivity (Wildman–Crippen MR) is 66.7 cm³/mol. The van der Waals surface area contributed by atoms with E-state index in [1.165, 1.54) is 0 Å². The standard InChI is InChI=1S/C13H22O6/c1-6-17-12-7(2)8-10(19-12)9(14-3)11(15-4)13(16-5)18-8/h8-13H,2,6H2,1,3-5H3/t8?,9?,10-,11?,12?,13+/m1/s1. The summed E-state index contributed by atoms with van der Waals surface area (Å²) in [5.41, 5.74) is 0.755. The van der Waals surface area contributed by atoms with Crippen LogP contribution < -0.4 is 0 Å². The highest BCUT2D eigenvalue weighted by Gasteiger charge is 2.54. The quantitative estimate of drug-likeness (QED) is 0.688. The lowest BCUT2D eigenvalue weighted by atomic mass is 9.96. The van der Waals surface area contributed by atoms with E-state index in [-0.39, 0.29) is 24.4 Å². The monoisotopic (exact) mass is 274 g/mol. The van der Waals surface area contributed by atoms with Crippen LogP contribution in [0.5, 0.6) is 0 Å². The van der Waals surface area contributed by atoms with Crippen molar-refractivity contribution in [2.24, 2.45) is 0 Å². The zero-order valence-electron chi connectivity index (χ0n) is 11.8. The van der Waals surface area contributed by atoms with Crippen LogP contribution in [0.3, 0.4) is 0 Å². The maximum absolute atomic E-state index is 5.85. The Balaban J connectivity index is 2.19. The molecular formula is C13H22O6. The third-order valence-corrected chi connectivity index (χ3v) is 3.54. The van der Waals surface area contributed by atoms with Gasteiger partial charge in [-0.1, -0.05) is 6.58 Å². The molecule has 2 aliphatic heterocycles. The Bertz CT molecular complexity index is 320. The average molecular weight is 274 g/mol. The molecule has 0 spiro atoms. The van der Waals surface area contributed by atoms with Gasteiger partial charge in [0.25, 0.3) is 0 Å². The first-order valence-electron chi connectivity index (χ1n) is 6.37. The van der Waals surface area contributed by atoms with Crippen molar-refractivity contribution in [3.05, 3.63) is 12.2 Å². The summed E-state index contributed by atoms with van der Waals surface area (Å²) in [6.45, 7) is 6.45. The number of methoxy groups -OCH3 is 3. The second kappa shape index (κ2) is 6.30. The Kier molecular flexibility index (Phi) is 4.94. The van der Waals surface area contributed by atoms with Crippen molar-refractivity contribution in [1.82, 2.24) is 0 Å². The zero-order valence-corrected chi connectivity index (χ0v) is 11.8. The largest absolute Gasteiger partial charge is 0.376 e. The van der Waals surface area contributed by atoms with E-state index in [0.29, 0.717) is 6.61 Å². The number of fused-ring (bicyclic) bond motifs is 1. The maximum atomic E-state index is 5.85. The summed E-state index contributed by atoms with van der Waals surface area (Å²) < 4.78 is 33.4. The van der Waals surface area contributed by atoms with Gasteiger partial charge in [0.15, 0.2) is 12.6 Å². The fourth-order valence-electron chi connectivity index (χ4n) is 2.63. The molecule has 0 aromatic carbocycles. The average Bonchev–Trinajstić information content (AvgIpc) is 2.74. The summed E-state index contributed by atoms with van der Waals surface area (Å²) >= 11 is 0. The fourth-order valence-corrected chi connectivity index (χ4v) is 2.63. The summed E-state index contributed by atoms with van der Waals surface area (Å²) in [6, 6.07) is 0. The summed E-state index contributed by atoms with van der Waals surface area (Å²) in [5.74, 6) is 0. The zero-order chi connectivity index (χ0) is 14.0. The van der Waals surface area contributed by atoms with E-state index in [2.05, 4.69) is 6.58 Å². The summed E-state index contributed by atoms with van der Waals surface area (Å²) in [5, 5.41) is 0. The van der Waals surface area contributed by atoms with Gasteiger partial charge in [-0.25, -0.2) is 0 Å². The molecule has 19 heavy (non-hydrogen) atoms. The molecular weight excluding hydrogens is 252 g/mol. The molecule has 0 N–H and O–H groups in total. The van der Waals surface area contributed by atoms with E-state index in [0.717, 1.165) is 5.57 Å². The van der Waals surface area contributed by atoms with Crippen molar-refractivity contribution in [2.75, 3.05) is 27.9 Å². The minimum absolute atomic E-state index is 0.295. The normalized spacial score (nSPS) is 42.4. The Hall–Kier alpha value is -0.500. The van der Waals surface area contributed by atoms with Gasteiger partial charge in [-0.05, 0) is 6.92 Å². The first-order chi connectivity index (χ1) is 9.17. The molecule has 0 saturated carbocycles. The van der Waals surface area contributed by atoms with Crippen LogP contribution >= 0.6 is 0 Å². The number of hydrogen-bond acceptors (Lipinski definition) is 6. The summed E-state index contributed by atoms with van der Waals surface area (Å²) in [4.78, 5) is 0. The van der Waals surface area contributed by atoms with Crippen LogP contribution in [0.1, 0.15) is 6.92 Å². The predicted octanol–water partition coefficient (Wildman–Crippen LogP) is 0.705. The van der Waals surface area contributed by atoms with Crippen molar-refractivity contribution >= 4 is 0 Å². The molecule has 0 aliphatic carbocycles. The maximum Gasteiger partial charge on any atom is 0.186 e. The minimum atomic E-state index is -0.517. The third kappa shape index (κ3) is 2.56. The highest BCUT2D eigenvalue weighted by Crippen LogP contribution is 2.38. The van der Waals surface area contributed by atoms with E-state index >= 15 is 0 Å². The Morgan fingerprint density at radius 2 is 1.74 bits per heavy atom. The van der Waals surface area contributed by atoms with Gasteiger partial charge in [0.05, 0.1) is 0 Å². The van der Waals surface area contributed by atoms with Crippen molar-refractivity contribution in [2.45, 2.75) is 43.9 Å². The molecule has 4 unspecified atom stereocenters. The molecule has 110 valence electrons. The van der Waals surface area contributed by atoms with E-state index < -0.39 is 12.6 Å². The molecule has 2 aliphatic rings. The molecule has 2 rings (SSSR count). The van der Waals surface area contributed by atoms with Gasteiger partial charge in [0.2, 0.25) is 0 Å². The van der Waals surface area contributed by atoms with E-state index in [1.54, 1.807) is 21.3 Å². The SMILES string of the molecule is C=C1C(OCC)O[C@@H]2C1O[C@H](OC)C(OC)C2OC. The van der Waals surface area contributed by atoms with Crippen LogP contribution in [0.2, 0.25) is 0 Å². The second-order valence-corrected chi connectivity index (χ2v) is 4.52. The van der Waals surface area contributed by atoms with Crippen LogP contribution in [0.15, 0.2) is 12.2 Å². The second-order valence-electron chi connectivity index (χ2n) is 4.52. The van der Waals surface area contributed by atoms with Gasteiger partial charge < -0.3 is 28.4 Å². The molecule has 6 atom stereocenters. The molecule has 0 radical (unpaired) electrons. The van der Waals surface area contributed by atoms with Crippen molar-refractivity contribution in [3.8, 4) is 0 Å². The highest BCUT2D eigenvalue weighted by atomic mass is 16.7. The molecule has 2 fully saturated rings. The van der Waals surface area contributed by atoms with Gasteiger partial charge in [0.1, 0.15) is 24.4 Å². The van der Waals surface area contributed by atoms with Crippen molar-refractivity contribution < 1.29 is 28.4 Å². The first kappa shape index (κ1) is 14.9. The molecule has 0 aromatic rings. The molecule has 6 nitrogen and oxygen atoms in total. The Morgan fingerprint density at radius 3 is 2.26 bits per heavy atom. The van der Waals surface area contributed by atoms with Crippen molar-refractivity contribution in [3.63, 3.8) is 0 Å². The molecule has 0 aromatic heterocycles. The Morgan fingerprint density at radius 1 is 1.05 bits per heavy atom. The third-order valence-electron chi connectivity index (χ3n) is 3.54.